The molecule has 0 radical (unpaired) electrons. The average Bonchev–Trinajstić information content (AvgIpc) is 2.22. The highest BCUT2D eigenvalue weighted by molar-refractivity contribution is 8.13. The first-order valence-corrected chi connectivity index (χ1v) is 5.36. The highest BCUT2D eigenvalue weighted by Gasteiger charge is 2.09. The van der Waals surface area contributed by atoms with Gasteiger partial charge in [-0.25, -0.2) is 8.78 Å². The molecule has 0 heterocycles. The Kier molecular flexibility index (Phi) is 4.32. The molecule has 0 aliphatic carbocycles. The molecule has 0 aliphatic heterocycles. The van der Waals surface area contributed by atoms with Gasteiger partial charge >= 0.3 is 0 Å². The van der Waals surface area contributed by atoms with Gasteiger partial charge in [0, 0.05) is 6.92 Å². The van der Waals surface area contributed by atoms with Crippen LogP contribution in [0.4, 0.5) is 14.5 Å². The van der Waals surface area contributed by atoms with Crippen molar-refractivity contribution < 1.29 is 13.6 Å². The minimum Gasteiger partial charge on any atom is -0.398 e. The van der Waals surface area contributed by atoms with E-state index in [1.165, 1.54) is 13.0 Å². The van der Waals surface area contributed by atoms with Gasteiger partial charge in [0.05, 0.1) is 17.0 Å². The highest BCUT2D eigenvalue weighted by Crippen LogP contribution is 2.17. The van der Waals surface area contributed by atoms with E-state index in [9.17, 15) is 13.6 Å². The van der Waals surface area contributed by atoms with Gasteiger partial charge in [-0.15, -0.1) is 0 Å². The quantitative estimate of drug-likeness (QED) is 0.605. The van der Waals surface area contributed by atoms with E-state index >= 15 is 0 Å². The molecule has 0 bridgehead atoms. The lowest BCUT2D eigenvalue weighted by atomic mass is 10.1. The van der Waals surface area contributed by atoms with Crippen molar-refractivity contribution in [3.63, 3.8) is 0 Å². The highest BCUT2D eigenvalue weighted by atomic mass is 32.2. The predicted octanol–water partition coefficient (Wildman–Crippen LogP) is 2.18. The maximum atomic E-state index is 13.2. The van der Waals surface area contributed by atoms with E-state index in [0.29, 0.717) is 0 Å². The van der Waals surface area contributed by atoms with Crippen molar-refractivity contribution in [1.82, 2.24) is 0 Å². The van der Waals surface area contributed by atoms with Crippen molar-refractivity contribution in [2.24, 2.45) is 0 Å². The molecular weight excluding hydrogens is 232 g/mol. The Morgan fingerprint density at radius 3 is 2.81 bits per heavy atom. The Balaban J connectivity index is 2.88. The standard InChI is InChI=1S/C11H9F2NOS/c1-7(15)16-6-2-3-8-10(14)5-4-9(12)11(8)13/h4-5H,6,14H2,1H3. The third-order valence-corrected chi connectivity index (χ3v) is 2.38. The van der Waals surface area contributed by atoms with Crippen LogP contribution >= 0.6 is 11.8 Å². The van der Waals surface area contributed by atoms with Gasteiger partial charge in [-0.1, -0.05) is 23.6 Å². The predicted molar refractivity (Wildman–Crippen MR) is 60.8 cm³/mol. The first-order valence-electron chi connectivity index (χ1n) is 4.38. The molecule has 0 aromatic heterocycles. The van der Waals surface area contributed by atoms with E-state index in [1.54, 1.807) is 0 Å². The van der Waals surface area contributed by atoms with Gasteiger partial charge in [-0.05, 0) is 12.1 Å². The molecule has 0 saturated heterocycles. The molecule has 84 valence electrons. The SMILES string of the molecule is CC(=O)SCC#Cc1c(N)ccc(F)c1F. The van der Waals surface area contributed by atoms with Crippen LogP contribution in [0.1, 0.15) is 12.5 Å². The van der Waals surface area contributed by atoms with E-state index in [1.807, 2.05) is 0 Å². The number of nitrogen functional groups attached to an aromatic ring is 1. The zero-order valence-corrected chi connectivity index (χ0v) is 9.33. The molecule has 0 fully saturated rings. The summed E-state index contributed by atoms with van der Waals surface area (Å²) in [6.07, 6.45) is 0. The number of anilines is 1. The maximum absolute atomic E-state index is 13.2. The van der Waals surface area contributed by atoms with Gasteiger partial charge in [-0.2, -0.15) is 0 Å². The molecule has 16 heavy (non-hydrogen) atoms. The Morgan fingerprint density at radius 1 is 1.50 bits per heavy atom. The van der Waals surface area contributed by atoms with Gasteiger partial charge in [0.25, 0.3) is 0 Å². The smallest absolute Gasteiger partial charge is 0.186 e. The van der Waals surface area contributed by atoms with Crippen molar-refractivity contribution in [3.05, 3.63) is 29.3 Å². The molecule has 0 aliphatic rings. The fourth-order valence-corrected chi connectivity index (χ4v) is 1.30. The first kappa shape index (κ1) is 12.5. The number of rotatable bonds is 1. The van der Waals surface area contributed by atoms with Crippen LogP contribution < -0.4 is 5.73 Å². The normalized spacial score (nSPS) is 9.44. The molecule has 0 atom stereocenters. The average molecular weight is 241 g/mol. The van der Waals surface area contributed by atoms with Gasteiger partial charge in [-0.3, -0.25) is 4.79 Å². The molecule has 0 spiro atoms. The molecule has 1 rings (SSSR count). The summed E-state index contributed by atoms with van der Waals surface area (Å²) in [4.78, 5) is 10.6. The number of carbonyl (C=O) groups is 1. The van der Waals surface area contributed by atoms with E-state index in [2.05, 4.69) is 11.8 Å². The third-order valence-electron chi connectivity index (χ3n) is 1.69. The number of hydrogen-bond donors (Lipinski definition) is 1. The van der Waals surface area contributed by atoms with Crippen LogP contribution in [0.25, 0.3) is 0 Å². The van der Waals surface area contributed by atoms with Crippen molar-refractivity contribution in [2.45, 2.75) is 6.92 Å². The molecule has 0 amide bonds. The largest absolute Gasteiger partial charge is 0.398 e. The number of thioether (sulfide) groups is 1. The van der Waals surface area contributed by atoms with Crippen LogP contribution in [0, 0.1) is 23.5 Å². The lowest BCUT2D eigenvalue weighted by Gasteiger charge is -2.00. The Labute approximate surface area is 96.2 Å². The molecule has 0 saturated carbocycles. The minimum atomic E-state index is -1.06. The fourth-order valence-electron chi connectivity index (χ4n) is 0.955. The molecule has 5 heteroatoms. The second kappa shape index (κ2) is 5.52. The number of halogens is 2. The van der Waals surface area contributed by atoms with Gasteiger partial charge < -0.3 is 5.73 Å². The first-order chi connectivity index (χ1) is 7.52. The lowest BCUT2D eigenvalue weighted by molar-refractivity contribution is -0.109. The number of nitrogens with two attached hydrogens (primary N) is 1. The van der Waals surface area contributed by atoms with Crippen LogP contribution in [-0.4, -0.2) is 10.9 Å². The number of carbonyl (C=O) groups excluding carboxylic acids is 1. The molecule has 0 unspecified atom stereocenters. The van der Waals surface area contributed by atoms with Crippen LogP contribution in [0.15, 0.2) is 12.1 Å². The summed E-state index contributed by atoms with van der Waals surface area (Å²) in [5.41, 5.74) is 5.37. The fraction of sp³-hybridized carbons (Fsp3) is 0.182. The van der Waals surface area contributed by atoms with Gasteiger partial charge in [0.1, 0.15) is 0 Å². The summed E-state index contributed by atoms with van der Waals surface area (Å²) in [7, 11) is 0. The Bertz CT molecular complexity index is 477. The second-order valence-corrected chi connectivity index (χ2v) is 4.06. The zero-order valence-electron chi connectivity index (χ0n) is 8.51. The van der Waals surface area contributed by atoms with Crippen LogP contribution in [-0.2, 0) is 4.79 Å². The topological polar surface area (TPSA) is 43.1 Å². The van der Waals surface area contributed by atoms with Gasteiger partial charge in [0.15, 0.2) is 16.7 Å². The summed E-state index contributed by atoms with van der Waals surface area (Å²) in [6.45, 7) is 1.41. The maximum Gasteiger partial charge on any atom is 0.186 e. The van der Waals surface area contributed by atoms with Crippen LogP contribution in [0.5, 0.6) is 0 Å². The minimum absolute atomic E-state index is 0.0815. The summed E-state index contributed by atoms with van der Waals surface area (Å²) < 4.78 is 26.1. The molecule has 2 nitrogen and oxygen atoms in total. The van der Waals surface area contributed by atoms with Crippen molar-refractivity contribution >= 4 is 22.6 Å². The lowest BCUT2D eigenvalue weighted by Crippen LogP contribution is -1.97. The summed E-state index contributed by atoms with van der Waals surface area (Å²) in [5.74, 6) is 3.15. The number of hydrogen-bond acceptors (Lipinski definition) is 3. The van der Waals surface area contributed by atoms with E-state index in [0.717, 1.165) is 17.8 Å². The molecular formula is C11H9F2NOS. The van der Waals surface area contributed by atoms with Crippen molar-refractivity contribution in [2.75, 3.05) is 11.5 Å². The van der Waals surface area contributed by atoms with Crippen LogP contribution in [0.2, 0.25) is 0 Å². The summed E-state index contributed by atoms with van der Waals surface area (Å²) in [5, 5.41) is -0.0815. The van der Waals surface area contributed by atoms with E-state index in [4.69, 9.17) is 5.73 Å². The van der Waals surface area contributed by atoms with Crippen LogP contribution in [0.3, 0.4) is 0 Å². The second-order valence-electron chi connectivity index (χ2n) is 2.91. The molecule has 2 N–H and O–H groups in total. The Morgan fingerprint density at radius 2 is 2.19 bits per heavy atom. The van der Waals surface area contributed by atoms with E-state index < -0.39 is 11.6 Å². The van der Waals surface area contributed by atoms with Crippen molar-refractivity contribution in [1.29, 1.82) is 0 Å². The Hall–Kier alpha value is -1.54. The van der Waals surface area contributed by atoms with Crippen molar-refractivity contribution in [3.8, 4) is 11.8 Å². The zero-order chi connectivity index (χ0) is 12.1. The monoisotopic (exact) mass is 241 g/mol. The van der Waals surface area contributed by atoms with Gasteiger partial charge in [0.2, 0.25) is 0 Å². The third kappa shape index (κ3) is 3.24. The summed E-state index contributed by atoms with van der Waals surface area (Å²) >= 11 is 0.997. The molecule has 1 aromatic rings. The summed E-state index contributed by atoms with van der Waals surface area (Å²) in [6, 6.07) is 2.20. The number of benzene rings is 1. The molecule has 1 aromatic carbocycles. The van der Waals surface area contributed by atoms with E-state index in [-0.39, 0.29) is 22.1 Å².